The number of ether oxygens (including phenoxy) is 1. The minimum Gasteiger partial charge on any atom is -0.482 e. The van der Waals surface area contributed by atoms with Gasteiger partial charge in [0.05, 0.1) is 6.04 Å². The number of amides is 2. The summed E-state index contributed by atoms with van der Waals surface area (Å²) >= 11 is 0. The van der Waals surface area contributed by atoms with Crippen molar-refractivity contribution in [2.45, 2.75) is 83.9 Å². The molecule has 168 valence electrons. The van der Waals surface area contributed by atoms with Crippen LogP contribution in [0.3, 0.4) is 0 Å². The number of benzene rings is 1. The summed E-state index contributed by atoms with van der Waals surface area (Å²) in [4.78, 5) is 28.1. The van der Waals surface area contributed by atoms with Gasteiger partial charge in [0.2, 0.25) is 5.91 Å². The van der Waals surface area contributed by atoms with Crippen LogP contribution in [-0.4, -0.2) is 41.4 Å². The highest BCUT2D eigenvalue weighted by Crippen LogP contribution is 2.42. The minimum atomic E-state index is -0.166. The first-order valence-electron chi connectivity index (χ1n) is 11.8. The van der Waals surface area contributed by atoms with Crippen LogP contribution in [0.15, 0.2) is 36.1 Å². The van der Waals surface area contributed by atoms with Crippen molar-refractivity contribution in [3.05, 3.63) is 41.7 Å². The van der Waals surface area contributed by atoms with Crippen molar-refractivity contribution in [2.75, 3.05) is 6.54 Å². The van der Waals surface area contributed by atoms with E-state index in [1.807, 2.05) is 36.4 Å². The van der Waals surface area contributed by atoms with E-state index in [2.05, 4.69) is 26.1 Å². The van der Waals surface area contributed by atoms with Gasteiger partial charge in [0, 0.05) is 6.04 Å². The van der Waals surface area contributed by atoms with Crippen LogP contribution in [0.4, 0.5) is 0 Å². The molecule has 2 amide bonds. The van der Waals surface area contributed by atoms with Gasteiger partial charge in [-0.05, 0) is 55.1 Å². The van der Waals surface area contributed by atoms with Crippen LogP contribution in [0.1, 0.15) is 71.3 Å². The molecule has 2 saturated carbocycles. The number of carbonyl (C=O) groups is 2. The maximum atomic E-state index is 13.5. The predicted molar refractivity (Wildman–Crippen MR) is 122 cm³/mol. The zero-order valence-electron chi connectivity index (χ0n) is 19.1. The van der Waals surface area contributed by atoms with Crippen LogP contribution in [0.5, 0.6) is 0 Å². The predicted octanol–water partition coefficient (Wildman–Crippen LogP) is 4.53. The summed E-state index contributed by atoms with van der Waals surface area (Å²) in [6.07, 6.45) is 9.07. The van der Waals surface area contributed by atoms with E-state index in [4.69, 9.17) is 4.74 Å². The maximum Gasteiger partial charge on any atom is 0.289 e. The molecular formula is C26H36N2O3. The fourth-order valence-corrected chi connectivity index (χ4v) is 5.36. The molecule has 0 radical (unpaired) electrons. The molecule has 31 heavy (non-hydrogen) atoms. The number of fused-ring (bicyclic) bond motifs is 1. The van der Waals surface area contributed by atoms with E-state index in [1.54, 1.807) is 4.90 Å². The molecule has 5 heteroatoms. The number of rotatable bonds is 4. The molecule has 3 fully saturated rings. The molecule has 1 aromatic carbocycles. The van der Waals surface area contributed by atoms with Crippen LogP contribution in [0.2, 0.25) is 0 Å². The van der Waals surface area contributed by atoms with E-state index in [1.165, 1.54) is 12.8 Å². The topological polar surface area (TPSA) is 58.6 Å². The lowest BCUT2D eigenvalue weighted by Crippen LogP contribution is -2.59. The summed E-state index contributed by atoms with van der Waals surface area (Å²) in [6, 6.07) is 9.98. The lowest BCUT2D eigenvalue weighted by Gasteiger charge is -2.48. The molecule has 1 N–H and O–H groups in total. The van der Waals surface area contributed by atoms with Crippen molar-refractivity contribution in [3.8, 4) is 0 Å². The van der Waals surface area contributed by atoms with Gasteiger partial charge in [-0.2, -0.15) is 0 Å². The number of nitrogens with one attached hydrogen (secondary N) is 1. The smallest absolute Gasteiger partial charge is 0.289 e. The number of morpholine rings is 1. The second kappa shape index (κ2) is 9.05. The third kappa shape index (κ3) is 5.13. The van der Waals surface area contributed by atoms with Gasteiger partial charge in [-0.25, -0.2) is 0 Å². The highest BCUT2D eigenvalue weighted by atomic mass is 16.5. The number of hydrogen-bond acceptors (Lipinski definition) is 3. The lowest BCUT2D eigenvalue weighted by molar-refractivity contribution is -0.154. The van der Waals surface area contributed by atoms with Crippen molar-refractivity contribution in [1.82, 2.24) is 10.2 Å². The summed E-state index contributed by atoms with van der Waals surface area (Å²) in [5, 5.41) is 3.16. The molecule has 0 spiro atoms. The minimum absolute atomic E-state index is 0.0437. The van der Waals surface area contributed by atoms with Crippen molar-refractivity contribution in [3.63, 3.8) is 0 Å². The van der Waals surface area contributed by atoms with Crippen LogP contribution < -0.4 is 5.32 Å². The third-order valence-electron chi connectivity index (χ3n) is 7.26. The lowest BCUT2D eigenvalue weighted by atomic mass is 9.69. The van der Waals surface area contributed by atoms with Crippen LogP contribution >= 0.6 is 0 Å². The fraction of sp³-hybridized carbons (Fsp3) is 0.615. The summed E-state index contributed by atoms with van der Waals surface area (Å²) in [5.74, 6) is 0.652. The van der Waals surface area contributed by atoms with Gasteiger partial charge in [-0.3, -0.25) is 9.59 Å². The van der Waals surface area contributed by atoms with E-state index in [9.17, 15) is 9.59 Å². The van der Waals surface area contributed by atoms with Gasteiger partial charge < -0.3 is 15.0 Å². The molecule has 2 aliphatic carbocycles. The Bertz CT molecular complexity index is 821. The molecule has 1 aromatic rings. The highest BCUT2D eigenvalue weighted by molar-refractivity contribution is 5.98. The Hall–Kier alpha value is -2.30. The molecule has 1 saturated heterocycles. The third-order valence-corrected chi connectivity index (χ3v) is 7.26. The molecule has 1 heterocycles. The zero-order valence-corrected chi connectivity index (χ0v) is 19.1. The van der Waals surface area contributed by atoms with Crippen molar-refractivity contribution >= 4 is 17.9 Å². The summed E-state index contributed by atoms with van der Waals surface area (Å²) in [7, 11) is 0. The second-order valence-corrected chi connectivity index (χ2v) is 10.5. The molecule has 3 unspecified atom stereocenters. The van der Waals surface area contributed by atoms with E-state index >= 15 is 0 Å². The Morgan fingerprint density at radius 3 is 2.52 bits per heavy atom. The van der Waals surface area contributed by atoms with E-state index < -0.39 is 0 Å². The van der Waals surface area contributed by atoms with Crippen LogP contribution in [0.25, 0.3) is 6.08 Å². The SMILES string of the molecule is CC(C)(C)C1CCC2O/C(=C\c3ccccc3)C(=O)N(CC(=O)NC3CCCC3)C2C1. The molecule has 0 bridgehead atoms. The molecular weight excluding hydrogens is 388 g/mol. The number of nitrogens with zero attached hydrogens (tertiary/aromatic N) is 1. The van der Waals surface area contributed by atoms with Crippen molar-refractivity contribution < 1.29 is 14.3 Å². The first-order chi connectivity index (χ1) is 14.8. The van der Waals surface area contributed by atoms with Gasteiger partial charge in [-0.1, -0.05) is 63.9 Å². The zero-order chi connectivity index (χ0) is 22.0. The van der Waals surface area contributed by atoms with Gasteiger partial charge >= 0.3 is 0 Å². The summed E-state index contributed by atoms with van der Waals surface area (Å²) in [6.45, 7) is 6.91. The Morgan fingerprint density at radius 1 is 1.13 bits per heavy atom. The van der Waals surface area contributed by atoms with E-state index in [-0.39, 0.29) is 42.0 Å². The first-order valence-corrected chi connectivity index (χ1v) is 11.8. The van der Waals surface area contributed by atoms with Gasteiger partial charge in [-0.15, -0.1) is 0 Å². The van der Waals surface area contributed by atoms with Crippen molar-refractivity contribution in [2.24, 2.45) is 11.3 Å². The van der Waals surface area contributed by atoms with E-state index in [0.29, 0.717) is 11.7 Å². The molecule has 5 nitrogen and oxygen atoms in total. The molecule has 3 atom stereocenters. The number of hydrogen-bond donors (Lipinski definition) is 1. The quantitative estimate of drug-likeness (QED) is 0.723. The van der Waals surface area contributed by atoms with E-state index in [0.717, 1.165) is 37.7 Å². The van der Waals surface area contributed by atoms with Gasteiger partial charge in [0.1, 0.15) is 12.6 Å². The van der Waals surface area contributed by atoms with Crippen LogP contribution in [0, 0.1) is 11.3 Å². The van der Waals surface area contributed by atoms with Gasteiger partial charge in [0.15, 0.2) is 5.76 Å². The monoisotopic (exact) mass is 424 g/mol. The van der Waals surface area contributed by atoms with Gasteiger partial charge in [0.25, 0.3) is 5.91 Å². The average molecular weight is 425 g/mol. The average Bonchev–Trinajstić information content (AvgIpc) is 3.24. The number of carbonyl (C=O) groups excluding carboxylic acids is 2. The fourth-order valence-electron chi connectivity index (χ4n) is 5.36. The Kier molecular flexibility index (Phi) is 6.40. The highest BCUT2D eigenvalue weighted by Gasteiger charge is 2.46. The summed E-state index contributed by atoms with van der Waals surface area (Å²) < 4.78 is 6.25. The largest absolute Gasteiger partial charge is 0.482 e. The first kappa shape index (κ1) is 21.9. The summed E-state index contributed by atoms with van der Waals surface area (Å²) in [5.41, 5.74) is 1.11. The Morgan fingerprint density at radius 2 is 1.84 bits per heavy atom. The Balaban J connectivity index is 1.56. The molecule has 4 rings (SSSR count). The second-order valence-electron chi connectivity index (χ2n) is 10.5. The van der Waals surface area contributed by atoms with Crippen molar-refractivity contribution in [1.29, 1.82) is 0 Å². The molecule has 1 aliphatic heterocycles. The van der Waals surface area contributed by atoms with Crippen LogP contribution in [-0.2, 0) is 14.3 Å². The maximum absolute atomic E-state index is 13.5. The normalized spacial score (nSPS) is 28.4. The molecule has 3 aliphatic rings. The standard InChI is InChI=1S/C26H36N2O3/c1-26(2,3)19-13-14-22-21(16-19)28(17-24(29)27-20-11-7-8-12-20)25(30)23(31-22)15-18-9-5-4-6-10-18/h4-6,9-10,15,19-22H,7-8,11-14,16-17H2,1-3H3,(H,27,29)/b23-15-. The molecule has 0 aromatic heterocycles. The Labute approximate surface area is 186 Å².